The van der Waals surface area contributed by atoms with Crippen LogP contribution in [0.1, 0.15) is 20.8 Å². The third-order valence-electron chi connectivity index (χ3n) is 2.68. The second kappa shape index (κ2) is 6.38. The van der Waals surface area contributed by atoms with Crippen molar-refractivity contribution < 1.29 is 9.72 Å². The van der Waals surface area contributed by atoms with Gasteiger partial charge in [-0.2, -0.15) is 0 Å². The Morgan fingerprint density at radius 1 is 1.42 bits per heavy atom. The lowest BCUT2D eigenvalue weighted by Crippen LogP contribution is -2.23. The fourth-order valence-electron chi connectivity index (χ4n) is 1.80. The highest BCUT2D eigenvalue weighted by molar-refractivity contribution is 6.34. The van der Waals surface area contributed by atoms with Gasteiger partial charge in [0.25, 0.3) is 5.69 Å². The van der Waals surface area contributed by atoms with Crippen LogP contribution >= 0.6 is 11.6 Å². The summed E-state index contributed by atoms with van der Waals surface area (Å²) in [5, 5.41) is 13.8. The summed E-state index contributed by atoms with van der Waals surface area (Å²) in [7, 11) is 0. The molecule has 0 aromatic heterocycles. The van der Waals surface area contributed by atoms with E-state index in [0.717, 1.165) is 0 Å². The van der Waals surface area contributed by atoms with E-state index in [0.29, 0.717) is 24.5 Å². The minimum atomic E-state index is -0.475. The maximum Gasteiger partial charge on any atom is 0.294 e. The second-order valence-electron chi connectivity index (χ2n) is 3.93. The largest absolute Gasteiger partial charge is 0.366 e. The number of benzene rings is 1. The minimum absolute atomic E-state index is 0.0668. The smallest absolute Gasteiger partial charge is 0.294 e. The van der Waals surface area contributed by atoms with E-state index in [1.54, 1.807) is 0 Å². The molecule has 7 heteroatoms. The highest BCUT2D eigenvalue weighted by Gasteiger charge is 2.21. The first-order valence-corrected chi connectivity index (χ1v) is 6.28. The number of nitrogens with one attached hydrogen (secondary N) is 1. The predicted octanol–water partition coefficient (Wildman–Crippen LogP) is 3.05. The predicted molar refractivity (Wildman–Crippen MR) is 76.0 cm³/mol. The molecule has 1 aromatic carbocycles. The minimum Gasteiger partial charge on any atom is -0.366 e. The van der Waals surface area contributed by atoms with Gasteiger partial charge in [0.05, 0.1) is 15.6 Å². The van der Waals surface area contributed by atoms with Crippen molar-refractivity contribution in [2.24, 2.45) is 0 Å². The Morgan fingerprint density at radius 2 is 2.00 bits per heavy atom. The van der Waals surface area contributed by atoms with Crippen LogP contribution in [0.5, 0.6) is 0 Å². The number of halogens is 1. The third kappa shape index (κ3) is 3.57. The van der Waals surface area contributed by atoms with Crippen molar-refractivity contribution in [1.29, 1.82) is 0 Å². The van der Waals surface area contributed by atoms with E-state index in [1.807, 2.05) is 18.7 Å². The summed E-state index contributed by atoms with van der Waals surface area (Å²) < 4.78 is 0. The van der Waals surface area contributed by atoms with Gasteiger partial charge < -0.3 is 10.2 Å². The highest BCUT2D eigenvalue weighted by atomic mass is 35.5. The van der Waals surface area contributed by atoms with Crippen molar-refractivity contribution in [3.05, 3.63) is 27.3 Å². The van der Waals surface area contributed by atoms with Crippen molar-refractivity contribution >= 4 is 34.6 Å². The van der Waals surface area contributed by atoms with Crippen LogP contribution in [-0.2, 0) is 4.79 Å². The molecule has 0 aliphatic carbocycles. The van der Waals surface area contributed by atoms with Crippen LogP contribution in [0.15, 0.2) is 12.1 Å². The van der Waals surface area contributed by atoms with E-state index in [9.17, 15) is 14.9 Å². The topological polar surface area (TPSA) is 75.5 Å². The van der Waals surface area contributed by atoms with Crippen molar-refractivity contribution in [3.8, 4) is 0 Å². The number of hydrogen-bond acceptors (Lipinski definition) is 4. The van der Waals surface area contributed by atoms with Crippen molar-refractivity contribution in [2.75, 3.05) is 23.3 Å². The normalized spacial score (nSPS) is 10.1. The Balaban J connectivity index is 3.38. The molecule has 0 saturated carbocycles. The maximum atomic E-state index is 11.1. The van der Waals surface area contributed by atoms with Gasteiger partial charge in [-0.3, -0.25) is 14.9 Å². The molecule has 0 bridgehead atoms. The van der Waals surface area contributed by atoms with Gasteiger partial charge in [0.15, 0.2) is 0 Å². The summed E-state index contributed by atoms with van der Waals surface area (Å²) in [6.07, 6.45) is 0. The summed E-state index contributed by atoms with van der Waals surface area (Å²) in [5.74, 6) is -0.277. The van der Waals surface area contributed by atoms with E-state index in [1.165, 1.54) is 19.1 Å². The molecule has 1 amide bonds. The molecule has 0 aliphatic heterocycles. The van der Waals surface area contributed by atoms with Gasteiger partial charge in [-0.05, 0) is 19.9 Å². The summed E-state index contributed by atoms with van der Waals surface area (Å²) in [4.78, 5) is 23.5. The van der Waals surface area contributed by atoms with Crippen LogP contribution in [0.2, 0.25) is 5.02 Å². The number of nitro benzene ring substituents is 1. The lowest BCUT2D eigenvalue weighted by atomic mass is 10.2. The zero-order chi connectivity index (χ0) is 14.6. The summed E-state index contributed by atoms with van der Waals surface area (Å²) in [6, 6.07) is 2.80. The van der Waals surface area contributed by atoms with E-state index in [2.05, 4.69) is 5.32 Å². The van der Waals surface area contributed by atoms with Crippen LogP contribution in [0, 0.1) is 10.1 Å². The molecule has 1 aromatic rings. The van der Waals surface area contributed by atoms with Crippen LogP contribution < -0.4 is 10.2 Å². The van der Waals surface area contributed by atoms with Gasteiger partial charge in [-0.15, -0.1) is 0 Å². The zero-order valence-corrected chi connectivity index (χ0v) is 11.8. The SMILES string of the molecule is CCN(CC)c1cc(NC(C)=O)c(Cl)cc1[N+](=O)[O-]. The first kappa shape index (κ1) is 15.2. The van der Waals surface area contributed by atoms with Crippen LogP contribution in [0.4, 0.5) is 17.1 Å². The number of nitro groups is 1. The lowest BCUT2D eigenvalue weighted by Gasteiger charge is -2.21. The van der Waals surface area contributed by atoms with Crippen molar-refractivity contribution in [1.82, 2.24) is 0 Å². The van der Waals surface area contributed by atoms with Crippen LogP contribution in [-0.4, -0.2) is 23.9 Å². The maximum absolute atomic E-state index is 11.1. The molecule has 0 fully saturated rings. The Bertz CT molecular complexity index is 501. The molecule has 6 nitrogen and oxygen atoms in total. The molecular formula is C12H16ClN3O3. The van der Waals surface area contributed by atoms with Crippen molar-refractivity contribution in [2.45, 2.75) is 20.8 Å². The molecule has 1 N–H and O–H groups in total. The second-order valence-corrected chi connectivity index (χ2v) is 4.34. The number of nitrogens with zero attached hydrogens (tertiary/aromatic N) is 2. The Labute approximate surface area is 116 Å². The molecule has 0 heterocycles. The summed E-state index contributed by atoms with van der Waals surface area (Å²) in [5.41, 5.74) is 0.757. The standard InChI is InChI=1S/C12H16ClN3O3/c1-4-15(5-2)11-7-10(14-8(3)17)9(13)6-12(11)16(18)19/h6-7H,4-5H2,1-3H3,(H,14,17). The average Bonchev–Trinajstić information content (AvgIpc) is 2.33. The fraction of sp³-hybridized carbons (Fsp3) is 0.417. The number of carbonyl (C=O) groups excluding carboxylic acids is 1. The molecule has 104 valence electrons. The molecule has 0 aliphatic rings. The Kier molecular flexibility index (Phi) is 5.11. The molecule has 0 atom stereocenters. The van der Waals surface area contributed by atoms with Gasteiger partial charge in [0.2, 0.25) is 5.91 Å². The van der Waals surface area contributed by atoms with Gasteiger partial charge in [0.1, 0.15) is 5.69 Å². The number of anilines is 2. The molecule has 0 radical (unpaired) electrons. The van der Waals surface area contributed by atoms with E-state index in [4.69, 9.17) is 11.6 Å². The molecule has 19 heavy (non-hydrogen) atoms. The zero-order valence-electron chi connectivity index (χ0n) is 11.1. The summed E-state index contributed by atoms with van der Waals surface area (Å²) in [6.45, 7) is 6.41. The molecular weight excluding hydrogens is 270 g/mol. The number of carbonyl (C=O) groups is 1. The average molecular weight is 286 g/mol. The highest BCUT2D eigenvalue weighted by Crippen LogP contribution is 2.36. The summed E-state index contributed by atoms with van der Waals surface area (Å²) >= 11 is 5.94. The van der Waals surface area contributed by atoms with E-state index < -0.39 is 4.92 Å². The fourth-order valence-corrected chi connectivity index (χ4v) is 2.01. The van der Waals surface area contributed by atoms with E-state index >= 15 is 0 Å². The first-order chi connectivity index (χ1) is 8.90. The number of amides is 1. The quantitative estimate of drug-likeness (QED) is 0.666. The number of rotatable bonds is 5. The molecule has 0 spiro atoms. The Hall–Kier alpha value is -1.82. The van der Waals surface area contributed by atoms with Gasteiger partial charge in [-0.25, -0.2) is 0 Å². The first-order valence-electron chi connectivity index (χ1n) is 5.91. The third-order valence-corrected chi connectivity index (χ3v) is 2.99. The van der Waals surface area contributed by atoms with Gasteiger partial charge in [-0.1, -0.05) is 11.6 Å². The van der Waals surface area contributed by atoms with Gasteiger partial charge in [0, 0.05) is 26.1 Å². The lowest BCUT2D eigenvalue weighted by molar-refractivity contribution is -0.384. The Morgan fingerprint density at radius 3 is 2.42 bits per heavy atom. The number of hydrogen-bond donors (Lipinski definition) is 1. The molecule has 0 saturated heterocycles. The molecule has 1 rings (SSSR count). The van der Waals surface area contributed by atoms with Crippen LogP contribution in [0.25, 0.3) is 0 Å². The van der Waals surface area contributed by atoms with Gasteiger partial charge >= 0.3 is 0 Å². The molecule has 0 unspecified atom stereocenters. The monoisotopic (exact) mass is 285 g/mol. The van der Waals surface area contributed by atoms with Crippen LogP contribution in [0.3, 0.4) is 0 Å². The van der Waals surface area contributed by atoms with Crippen molar-refractivity contribution in [3.63, 3.8) is 0 Å². The van der Waals surface area contributed by atoms with E-state index in [-0.39, 0.29) is 16.6 Å².